The molecule has 0 aliphatic rings. The van der Waals surface area contributed by atoms with E-state index >= 15 is 0 Å². The van der Waals surface area contributed by atoms with E-state index in [9.17, 15) is 27.8 Å². The second-order valence-corrected chi connectivity index (χ2v) is 8.26. The average Bonchev–Trinajstić information content (AvgIpc) is 2.96. The van der Waals surface area contributed by atoms with Crippen LogP contribution in [0.2, 0.25) is 0 Å². The van der Waals surface area contributed by atoms with Gasteiger partial charge in [-0.15, -0.1) is 0 Å². The minimum Gasteiger partial charge on any atom is -0.508 e. The summed E-state index contributed by atoms with van der Waals surface area (Å²) in [7, 11) is 0. The first-order valence-corrected chi connectivity index (χ1v) is 9.18. The number of aryl methyl sites for hydroxylation is 1. The molecule has 0 spiro atoms. The monoisotopic (exact) mass is 409 g/mol. The van der Waals surface area contributed by atoms with Crippen LogP contribution < -0.4 is 0 Å². The van der Waals surface area contributed by atoms with Crippen LogP contribution in [0.1, 0.15) is 37.1 Å². The summed E-state index contributed by atoms with van der Waals surface area (Å²) in [4.78, 5) is 2.95. The number of aromatic hydroxyl groups is 1. The normalized spacial score (nSPS) is 14.9. The Hall–Kier alpha value is -2.54. The molecule has 3 rings (SSSR count). The van der Waals surface area contributed by atoms with E-state index in [-0.39, 0.29) is 11.3 Å². The van der Waals surface area contributed by atoms with Gasteiger partial charge in [-0.25, -0.2) is 4.39 Å². The third kappa shape index (κ3) is 4.10. The predicted molar refractivity (Wildman–Crippen MR) is 103 cm³/mol. The van der Waals surface area contributed by atoms with Gasteiger partial charge in [0, 0.05) is 29.1 Å². The highest BCUT2D eigenvalue weighted by molar-refractivity contribution is 5.83. The van der Waals surface area contributed by atoms with E-state index in [2.05, 4.69) is 4.98 Å². The molecule has 3 aromatic rings. The number of nitrogens with one attached hydrogen (secondary N) is 1. The summed E-state index contributed by atoms with van der Waals surface area (Å²) >= 11 is 0. The number of phenols is 1. The lowest BCUT2D eigenvalue weighted by Crippen LogP contribution is -2.50. The van der Waals surface area contributed by atoms with Crippen molar-refractivity contribution in [2.75, 3.05) is 0 Å². The van der Waals surface area contributed by atoms with Gasteiger partial charge in [-0.3, -0.25) is 0 Å². The standard InChI is InChI=1S/C22H23F4NO2/c1-13-5-4-6-18-16(13)10-15(27-18)11-21(29,22(24,25)26)12-20(2,3)17-8-7-14(23)9-19(17)28/h4-10,27-29H,11-12H2,1-3H3. The molecule has 2 aromatic carbocycles. The van der Waals surface area contributed by atoms with Crippen molar-refractivity contribution >= 4 is 10.9 Å². The predicted octanol–water partition coefficient (Wildman–Crippen LogP) is 5.52. The van der Waals surface area contributed by atoms with E-state index in [0.717, 1.165) is 23.1 Å². The Labute approximate surface area is 166 Å². The zero-order chi connectivity index (χ0) is 21.6. The maximum absolute atomic E-state index is 13.9. The van der Waals surface area contributed by atoms with Crippen LogP contribution in [0.4, 0.5) is 17.6 Å². The molecule has 29 heavy (non-hydrogen) atoms. The van der Waals surface area contributed by atoms with Crippen molar-refractivity contribution in [2.45, 2.75) is 50.8 Å². The van der Waals surface area contributed by atoms with Crippen LogP contribution >= 0.6 is 0 Å². The van der Waals surface area contributed by atoms with Crippen LogP contribution in [0.15, 0.2) is 42.5 Å². The summed E-state index contributed by atoms with van der Waals surface area (Å²) in [5.41, 5.74) is -2.32. The molecule has 0 radical (unpaired) electrons. The summed E-state index contributed by atoms with van der Waals surface area (Å²) in [6, 6.07) is 10.2. The number of benzene rings is 2. The number of fused-ring (bicyclic) bond motifs is 1. The van der Waals surface area contributed by atoms with Crippen LogP contribution in [0.5, 0.6) is 5.75 Å². The number of rotatable bonds is 5. The Morgan fingerprint density at radius 1 is 1.03 bits per heavy atom. The Morgan fingerprint density at radius 3 is 2.31 bits per heavy atom. The zero-order valence-corrected chi connectivity index (χ0v) is 16.4. The van der Waals surface area contributed by atoms with Crippen molar-refractivity contribution in [3.05, 3.63) is 65.1 Å². The number of aliphatic hydroxyl groups is 1. The molecule has 156 valence electrons. The van der Waals surface area contributed by atoms with Crippen molar-refractivity contribution in [3.63, 3.8) is 0 Å². The molecule has 0 aliphatic carbocycles. The van der Waals surface area contributed by atoms with Crippen molar-refractivity contribution in [1.82, 2.24) is 4.98 Å². The van der Waals surface area contributed by atoms with Crippen molar-refractivity contribution < 1.29 is 27.8 Å². The summed E-state index contributed by atoms with van der Waals surface area (Å²) < 4.78 is 55.1. The molecule has 0 fully saturated rings. The maximum Gasteiger partial charge on any atom is 0.417 e. The fraction of sp³-hybridized carbons (Fsp3) is 0.364. The molecule has 1 atom stereocenters. The first kappa shape index (κ1) is 21.2. The molecular weight excluding hydrogens is 386 g/mol. The molecule has 0 amide bonds. The quantitative estimate of drug-likeness (QED) is 0.486. The smallest absolute Gasteiger partial charge is 0.417 e. The number of H-pyrrole nitrogens is 1. The Bertz CT molecular complexity index is 1040. The minimum absolute atomic E-state index is 0.133. The van der Waals surface area contributed by atoms with Gasteiger partial charge < -0.3 is 15.2 Å². The largest absolute Gasteiger partial charge is 0.508 e. The molecule has 1 heterocycles. The molecule has 0 aliphatic heterocycles. The van der Waals surface area contributed by atoms with E-state index in [1.54, 1.807) is 18.2 Å². The minimum atomic E-state index is -4.91. The lowest BCUT2D eigenvalue weighted by atomic mass is 9.73. The Balaban J connectivity index is 1.98. The third-order valence-corrected chi connectivity index (χ3v) is 5.37. The summed E-state index contributed by atoms with van der Waals surface area (Å²) in [5.74, 6) is -1.14. The molecule has 3 N–H and O–H groups in total. The lowest BCUT2D eigenvalue weighted by Gasteiger charge is -2.38. The van der Waals surface area contributed by atoms with Gasteiger partial charge in [0.05, 0.1) is 0 Å². The van der Waals surface area contributed by atoms with Crippen LogP contribution in [-0.2, 0) is 11.8 Å². The molecule has 7 heteroatoms. The lowest BCUT2D eigenvalue weighted by molar-refractivity contribution is -0.266. The Morgan fingerprint density at radius 2 is 1.72 bits per heavy atom. The van der Waals surface area contributed by atoms with Crippen LogP contribution in [0.25, 0.3) is 10.9 Å². The summed E-state index contributed by atoms with van der Waals surface area (Å²) in [5, 5.41) is 21.6. The highest BCUT2D eigenvalue weighted by Gasteiger charge is 2.56. The molecule has 0 saturated carbocycles. The van der Waals surface area contributed by atoms with Gasteiger partial charge in [0.15, 0.2) is 5.60 Å². The van der Waals surface area contributed by atoms with Crippen LogP contribution in [0, 0.1) is 12.7 Å². The topological polar surface area (TPSA) is 56.2 Å². The fourth-order valence-electron chi connectivity index (χ4n) is 3.94. The molecule has 0 saturated heterocycles. The molecule has 1 aromatic heterocycles. The summed E-state index contributed by atoms with van der Waals surface area (Å²) in [6.45, 7) is 4.81. The fourth-order valence-corrected chi connectivity index (χ4v) is 3.94. The molecular formula is C22H23F4NO2. The van der Waals surface area contributed by atoms with Crippen LogP contribution in [-0.4, -0.2) is 27.0 Å². The average molecular weight is 409 g/mol. The third-order valence-electron chi connectivity index (χ3n) is 5.37. The number of alkyl halides is 3. The summed E-state index contributed by atoms with van der Waals surface area (Å²) in [6.07, 6.45) is -6.29. The maximum atomic E-state index is 13.9. The van der Waals surface area contributed by atoms with E-state index < -0.39 is 41.6 Å². The zero-order valence-electron chi connectivity index (χ0n) is 16.4. The Kier molecular flexibility index (Phi) is 5.15. The number of aromatic amines is 1. The van der Waals surface area contributed by atoms with Gasteiger partial charge in [-0.1, -0.05) is 32.0 Å². The van der Waals surface area contributed by atoms with Crippen molar-refractivity contribution in [1.29, 1.82) is 0 Å². The first-order chi connectivity index (χ1) is 13.3. The van der Waals surface area contributed by atoms with Gasteiger partial charge in [-0.05, 0) is 48.1 Å². The van der Waals surface area contributed by atoms with E-state index in [0.29, 0.717) is 5.52 Å². The first-order valence-electron chi connectivity index (χ1n) is 9.18. The van der Waals surface area contributed by atoms with Crippen molar-refractivity contribution in [2.24, 2.45) is 0 Å². The van der Waals surface area contributed by atoms with Gasteiger partial charge in [0.25, 0.3) is 0 Å². The van der Waals surface area contributed by atoms with Gasteiger partial charge >= 0.3 is 6.18 Å². The van der Waals surface area contributed by atoms with Gasteiger partial charge in [0.2, 0.25) is 0 Å². The SMILES string of the molecule is Cc1cccc2[nH]c(CC(O)(CC(C)(C)c3ccc(F)cc3O)C(F)(F)F)cc12. The highest BCUT2D eigenvalue weighted by Crippen LogP contribution is 2.45. The number of phenolic OH excluding ortho intramolecular Hbond substituents is 1. The number of halogens is 4. The van der Waals surface area contributed by atoms with Gasteiger partial charge in [-0.2, -0.15) is 13.2 Å². The van der Waals surface area contributed by atoms with Crippen LogP contribution in [0.3, 0.4) is 0 Å². The van der Waals surface area contributed by atoms with E-state index in [4.69, 9.17) is 0 Å². The van der Waals surface area contributed by atoms with Crippen molar-refractivity contribution in [3.8, 4) is 5.75 Å². The molecule has 0 bridgehead atoms. The van der Waals surface area contributed by atoms with E-state index in [1.807, 2.05) is 13.0 Å². The van der Waals surface area contributed by atoms with Gasteiger partial charge in [0.1, 0.15) is 11.6 Å². The molecule has 3 nitrogen and oxygen atoms in total. The highest BCUT2D eigenvalue weighted by atomic mass is 19.4. The number of hydrogen-bond donors (Lipinski definition) is 3. The number of aromatic nitrogens is 1. The molecule has 1 unspecified atom stereocenters. The van der Waals surface area contributed by atoms with E-state index in [1.165, 1.54) is 19.9 Å². The second-order valence-electron chi connectivity index (χ2n) is 8.26. The number of hydrogen-bond acceptors (Lipinski definition) is 2. The second kappa shape index (κ2) is 7.06.